The lowest BCUT2D eigenvalue weighted by Gasteiger charge is -2.50. The molecular formula is C40H33ClFN3O5. The van der Waals surface area contributed by atoms with Gasteiger partial charge < -0.3 is 5.11 Å². The van der Waals surface area contributed by atoms with Gasteiger partial charge in [0.1, 0.15) is 11.6 Å². The summed E-state index contributed by atoms with van der Waals surface area (Å²) in [6.45, 7) is 1.90. The molecule has 252 valence electrons. The molecule has 0 bridgehead atoms. The molecule has 4 aromatic carbocycles. The molecule has 2 aliphatic heterocycles. The molecule has 0 unspecified atom stereocenters. The number of likely N-dealkylation sites (tertiary alicyclic amines) is 1. The van der Waals surface area contributed by atoms with Crippen molar-refractivity contribution in [3.05, 3.63) is 142 Å². The maximum atomic E-state index is 15.2. The summed E-state index contributed by atoms with van der Waals surface area (Å²) in [7, 11) is 0. The number of carbonyl (C=O) groups excluding carboxylic acids is 4. The molecule has 4 aliphatic rings. The summed E-state index contributed by atoms with van der Waals surface area (Å²) < 4.78 is 13.8. The molecule has 3 fully saturated rings. The van der Waals surface area contributed by atoms with Crippen LogP contribution in [0.1, 0.15) is 41.0 Å². The fraction of sp³-hybridized carbons (Fsp3) is 0.250. The molecular weight excluding hydrogens is 657 g/mol. The number of halogens is 2. The molecule has 0 aromatic heterocycles. The van der Waals surface area contributed by atoms with E-state index in [0.29, 0.717) is 27.4 Å². The van der Waals surface area contributed by atoms with Gasteiger partial charge in [-0.05, 0) is 78.8 Å². The molecule has 4 amide bonds. The number of imide groups is 2. The fourth-order valence-electron chi connectivity index (χ4n) is 8.90. The lowest BCUT2D eigenvalue weighted by molar-refractivity contribution is -0.142. The summed E-state index contributed by atoms with van der Waals surface area (Å²) >= 11 is 6.35. The van der Waals surface area contributed by atoms with Crippen LogP contribution >= 0.6 is 11.6 Å². The van der Waals surface area contributed by atoms with Gasteiger partial charge in [-0.1, -0.05) is 83.9 Å². The first kappa shape index (κ1) is 32.0. The zero-order valence-electron chi connectivity index (χ0n) is 27.1. The standard InChI is InChI=1S/C40H33ClFN3O5/c1-22-6-5-9-30(35(22)46)34-28-18-19-29-33(38(49)44(36(29)47)21-23-7-3-2-4-8-23)31(28)20-32-37(48)45(43-27-16-14-26(42)15-17-27)39(50)40(32,34)24-10-12-25(41)13-11-24/h2-18,29,31-34,43,46H,19-21H2,1H3/t29-,31+,32-,33-,34+,40+/m0/s1. The van der Waals surface area contributed by atoms with Crippen LogP contribution in [0.3, 0.4) is 0 Å². The van der Waals surface area contributed by atoms with E-state index in [0.717, 1.165) is 16.1 Å². The highest BCUT2D eigenvalue weighted by Gasteiger charge is 2.70. The number of hydrazine groups is 1. The number of para-hydroxylation sites is 1. The van der Waals surface area contributed by atoms with Crippen LogP contribution in [-0.4, -0.2) is 38.6 Å². The Morgan fingerprint density at radius 1 is 0.860 bits per heavy atom. The quantitative estimate of drug-likeness (QED) is 0.173. The van der Waals surface area contributed by atoms with Crippen LogP contribution in [0, 0.1) is 36.4 Å². The average molecular weight is 690 g/mol. The van der Waals surface area contributed by atoms with Crippen molar-refractivity contribution in [2.75, 3.05) is 5.43 Å². The molecule has 4 aromatic rings. The number of hydrogen-bond donors (Lipinski definition) is 2. The van der Waals surface area contributed by atoms with Crippen LogP contribution in [-0.2, 0) is 31.1 Å². The number of nitrogens with one attached hydrogen (secondary N) is 1. The van der Waals surface area contributed by atoms with Gasteiger partial charge in [-0.25, -0.2) is 4.39 Å². The highest BCUT2D eigenvalue weighted by Crippen LogP contribution is 2.65. The topological polar surface area (TPSA) is 107 Å². The number of benzene rings is 4. The van der Waals surface area contributed by atoms with Crippen LogP contribution in [0.2, 0.25) is 5.02 Å². The minimum Gasteiger partial charge on any atom is -0.507 e. The largest absolute Gasteiger partial charge is 0.507 e. The van der Waals surface area contributed by atoms with Gasteiger partial charge in [0, 0.05) is 16.5 Å². The third-order valence-corrected chi connectivity index (χ3v) is 11.4. The van der Waals surface area contributed by atoms with E-state index < -0.39 is 52.6 Å². The number of aromatic hydroxyl groups is 1. The van der Waals surface area contributed by atoms with Crippen LogP contribution in [0.25, 0.3) is 0 Å². The molecule has 2 saturated heterocycles. The van der Waals surface area contributed by atoms with Crippen LogP contribution < -0.4 is 5.43 Å². The fourth-order valence-corrected chi connectivity index (χ4v) is 9.03. The predicted molar refractivity (Wildman–Crippen MR) is 184 cm³/mol. The van der Waals surface area contributed by atoms with E-state index in [9.17, 15) is 23.9 Å². The number of anilines is 1. The zero-order valence-corrected chi connectivity index (χ0v) is 27.8. The van der Waals surface area contributed by atoms with Gasteiger partial charge in [0.25, 0.3) is 11.8 Å². The number of nitrogens with zero attached hydrogens (tertiary/aromatic N) is 2. The van der Waals surface area contributed by atoms with Crippen molar-refractivity contribution in [1.82, 2.24) is 9.91 Å². The van der Waals surface area contributed by atoms with E-state index in [2.05, 4.69) is 5.43 Å². The molecule has 50 heavy (non-hydrogen) atoms. The van der Waals surface area contributed by atoms with Crippen LogP contribution in [0.5, 0.6) is 5.75 Å². The Bertz CT molecular complexity index is 2090. The normalized spacial score (nSPS) is 27.2. The minimum absolute atomic E-state index is 0.0158. The number of phenols is 1. The van der Waals surface area contributed by atoms with E-state index in [1.807, 2.05) is 36.4 Å². The Kier molecular flexibility index (Phi) is 7.64. The SMILES string of the molecule is Cc1cccc([C@H]2C3=CC[C@@H]4C(=O)N(Cc5ccccc5)C(=O)[C@@H]4[C@@H]3C[C@H]3C(=O)N(Nc4ccc(F)cc4)C(=O)[C@@]23c2ccc(Cl)cc2)c1O. The maximum absolute atomic E-state index is 15.2. The molecule has 0 radical (unpaired) electrons. The second-order valence-corrected chi connectivity index (χ2v) is 14.1. The summed E-state index contributed by atoms with van der Waals surface area (Å²) in [6.07, 6.45) is 2.34. The van der Waals surface area contributed by atoms with Gasteiger partial charge in [0.15, 0.2) is 0 Å². The van der Waals surface area contributed by atoms with E-state index in [1.165, 1.54) is 29.2 Å². The maximum Gasteiger partial charge on any atom is 0.260 e. The number of allylic oxidation sites excluding steroid dienone is 2. The lowest BCUT2D eigenvalue weighted by atomic mass is 9.49. The van der Waals surface area contributed by atoms with Crippen molar-refractivity contribution in [3.63, 3.8) is 0 Å². The van der Waals surface area contributed by atoms with Crippen molar-refractivity contribution in [1.29, 1.82) is 0 Å². The highest BCUT2D eigenvalue weighted by molar-refractivity contribution is 6.30. The second kappa shape index (κ2) is 11.9. The first-order valence-corrected chi connectivity index (χ1v) is 17.0. The molecule has 6 atom stereocenters. The number of fused-ring (bicyclic) bond motifs is 4. The molecule has 2 aliphatic carbocycles. The van der Waals surface area contributed by atoms with Gasteiger partial charge >= 0.3 is 0 Å². The Labute approximate surface area is 293 Å². The number of amides is 4. The summed E-state index contributed by atoms with van der Waals surface area (Å²) in [6, 6.07) is 26.8. The zero-order chi connectivity index (χ0) is 34.9. The van der Waals surface area contributed by atoms with Crippen molar-refractivity contribution >= 4 is 40.9 Å². The Balaban J connectivity index is 1.31. The van der Waals surface area contributed by atoms with Gasteiger partial charge in [-0.2, -0.15) is 5.01 Å². The van der Waals surface area contributed by atoms with Crippen molar-refractivity contribution in [2.24, 2.45) is 23.7 Å². The van der Waals surface area contributed by atoms with Gasteiger partial charge in [-0.3, -0.25) is 29.5 Å². The van der Waals surface area contributed by atoms with E-state index in [1.54, 1.807) is 49.4 Å². The second-order valence-electron chi connectivity index (χ2n) is 13.6. The molecule has 8 rings (SSSR count). The van der Waals surface area contributed by atoms with E-state index in [-0.39, 0.29) is 37.0 Å². The third kappa shape index (κ3) is 4.70. The minimum atomic E-state index is -1.56. The summed E-state index contributed by atoms with van der Waals surface area (Å²) in [5.41, 5.74) is 4.83. The summed E-state index contributed by atoms with van der Waals surface area (Å²) in [5.74, 6) is -5.92. The van der Waals surface area contributed by atoms with Crippen molar-refractivity contribution in [3.8, 4) is 5.75 Å². The number of carbonyl (C=O) groups is 4. The number of hydrogen-bond acceptors (Lipinski definition) is 6. The number of rotatable bonds is 6. The summed E-state index contributed by atoms with van der Waals surface area (Å²) in [5, 5.41) is 13.1. The Morgan fingerprint density at radius 3 is 2.30 bits per heavy atom. The first-order valence-electron chi connectivity index (χ1n) is 16.7. The molecule has 2 heterocycles. The lowest BCUT2D eigenvalue weighted by Crippen LogP contribution is -2.53. The molecule has 2 N–H and O–H groups in total. The average Bonchev–Trinajstić information content (AvgIpc) is 3.48. The Hall–Kier alpha value is -5.28. The summed E-state index contributed by atoms with van der Waals surface area (Å²) in [4.78, 5) is 59.4. The Morgan fingerprint density at radius 2 is 1.58 bits per heavy atom. The van der Waals surface area contributed by atoms with Crippen molar-refractivity contribution < 1.29 is 28.7 Å². The monoisotopic (exact) mass is 689 g/mol. The highest BCUT2D eigenvalue weighted by atomic mass is 35.5. The number of aryl methyl sites for hydroxylation is 1. The number of phenolic OH excluding ortho intramolecular Hbond substituents is 1. The van der Waals surface area contributed by atoms with Crippen LogP contribution in [0.4, 0.5) is 10.1 Å². The molecule has 0 spiro atoms. The van der Waals surface area contributed by atoms with Gasteiger partial charge in [0.2, 0.25) is 11.8 Å². The first-order chi connectivity index (χ1) is 24.1. The van der Waals surface area contributed by atoms with Gasteiger partial charge in [0.05, 0.1) is 35.4 Å². The molecule has 10 heteroatoms. The molecule has 1 saturated carbocycles. The third-order valence-electron chi connectivity index (χ3n) is 11.1. The van der Waals surface area contributed by atoms with E-state index >= 15 is 4.79 Å². The molecule has 8 nitrogen and oxygen atoms in total. The van der Waals surface area contributed by atoms with Gasteiger partial charge in [-0.15, -0.1) is 0 Å². The smallest absolute Gasteiger partial charge is 0.260 e. The van der Waals surface area contributed by atoms with Crippen molar-refractivity contribution in [2.45, 2.75) is 37.6 Å². The van der Waals surface area contributed by atoms with E-state index in [4.69, 9.17) is 11.6 Å². The predicted octanol–water partition coefficient (Wildman–Crippen LogP) is 6.68. The van der Waals surface area contributed by atoms with Crippen LogP contribution in [0.15, 0.2) is 109 Å².